The molecule has 2 aromatic heterocycles. The predicted molar refractivity (Wildman–Crippen MR) is 97.0 cm³/mol. The van der Waals surface area contributed by atoms with Crippen molar-refractivity contribution in [2.45, 2.75) is 38.8 Å². The van der Waals surface area contributed by atoms with Crippen LogP contribution < -0.4 is 5.32 Å². The number of amides is 1. The Morgan fingerprint density at radius 3 is 2.85 bits per heavy atom. The van der Waals surface area contributed by atoms with Gasteiger partial charge in [-0.1, -0.05) is 5.16 Å². The van der Waals surface area contributed by atoms with E-state index in [4.69, 9.17) is 9.26 Å². The number of ether oxygens (including phenoxy) is 1. The molecular formula is C19H25N5O3. The van der Waals surface area contributed by atoms with Gasteiger partial charge in [0.25, 0.3) is 5.91 Å². The van der Waals surface area contributed by atoms with Crippen molar-refractivity contribution in [3.8, 4) is 0 Å². The van der Waals surface area contributed by atoms with E-state index in [9.17, 15) is 4.79 Å². The normalized spacial score (nSPS) is 21.8. The first-order valence-electron chi connectivity index (χ1n) is 9.37. The minimum atomic E-state index is -0.183. The second-order valence-corrected chi connectivity index (χ2v) is 7.65. The van der Waals surface area contributed by atoms with Gasteiger partial charge in [0, 0.05) is 44.1 Å². The topological polar surface area (TPSA) is 93.4 Å². The summed E-state index contributed by atoms with van der Waals surface area (Å²) in [6.07, 6.45) is 6.63. The summed E-state index contributed by atoms with van der Waals surface area (Å²) < 4.78 is 11.4. The summed E-state index contributed by atoms with van der Waals surface area (Å²) in [7, 11) is 0. The van der Waals surface area contributed by atoms with Crippen LogP contribution in [0.15, 0.2) is 23.1 Å². The van der Waals surface area contributed by atoms with Crippen LogP contribution in [0.3, 0.4) is 0 Å². The molecule has 8 heteroatoms. The number of nitrogens with zero attached hydrogens (tertiary/aromatic N) is 4. The molecule has 0 unspecified atom stereocenters. The summed E-state index contributed by atoms with van der Waals surface area (Å²) in [6.45, 7) is 7.98. The van der Waals surface area contributed by atoms with Gasteiger partial charge in [-0.15, -0.1) is 0 Å². The molecule has 2 saturated heterocycles. The lowest BCUT2D eigenvalue weighted by molar-refractivity contribution is -0.181. The maximum atomic E-state index is 12.1. The first kappa shape index (κ1) is 18.1. The highest BCUT2D eigenvalue weighted by Crippen LogP contribution is 2.37. The van der Waals surface area contributed by atoms with Crippen molar-refractivity contribution < 1.29 is 14.1 Å². The molecule has 0 aromatic carbocycles. The van der Waals surface area contributed by atoms with Crippen LogP contribution in [0.5, 0.6) is 0 Å². The van der Waals surface area contributed by atoms with E-state index in [1.807, 2.05) is 13.8 Å². The summed E-state index contributed by atoms with van der Waals surface area (Å²) in [4.78, 5) is 22.4. The number of carbonyl (C=O) groups is 1. The van der Waals surface area contributed by atoms with E-state index >= 15 is 0 Å². The molecule has 144 valence electrons. The van der Waals surface area contributed by atoms with Gasteiger partial charge < -0.3 is 14.6 Å². The third-order valence-electron chi connectivity index (χ3n) is 5.57. The fraction of sp³-hybridized carbons (Fsp3) is 0.579. The van der Waals surface area contributed by atoms with Gasteiger partial charge >= 0.3 is 0 Å². The second-order valence-electron chi connectivity index (χ2n) is 7.65. The molecule has 4 heterocycles. The van der Waals surface area contributed by atoms with Crippen LogP contribution in [0.2, 0.25) is 0 Å². The highest BCUT2D eigenvalue weighted by atomic mass is 16.5. The van der Waals surface area contributed by atoms with Gasteiger partial charge in [-0.25, -0.2) is 4.98 Å². The van der Waals surface area contributed by atoms with Crippen molar-refractivity contribution in [3.63, 3.8) is 0 Å². The number of nitrogens with one attached hydrogen (secondary N) is 1. The summed E-state index contributed by atoms with van der Waals surface area (Å²) in [5, 5.41) is 6.96. The highest BCUT2D eigenvalue weighted by Gasteiger charge is 2.46. The summed E-state index contributed by atoms with van der Waals surface area (Å²) in [5.41, 5.74) is 2.48. The number of hydrogen-bond acceptors (Lipinski definition) is 7. The van der Waals surface area contributed by atoms with Crippen LogP contribution in [0.25, 0.3) is 0 Å². The molecule has 1 amide bonds. The molecule has 2 aromatic rings. The smallest absolute Gasteiger partial charge is 0.271 e. The molecule has 4 rings (SSSR count). The van der Waals surface area contributed by atoms with Crippen molar-refractivity contribution in [1.29, 1.82) is 0 Å². The van der Waals surface area contributed by atoms with Gasteiger partial charge in [0.05, 0.1) is 24.1 Å². The molecule has 8 nitrogen and oxygen atoms in total. The average Bonchev–Trinajstić information content (AvgIpc) is 2.98. The Bertz CT molecular complexity index is 771. The Kier molecular flexibility index (Phi) is 4.92. The van der Waals surface area contributed by atoms with Crippen LogP contribution in [0.4, 0.5) is 0 Å². The molecule has 0 aliphatic carbocycles. The van der Waals surface area contributed by atoms with E-state index in [0.717, 1.165) is 43.9 Å². The minimum Gasteiger partial charge on any atom is -0.372 e. The fourth-order valence-corrected chi connectivity index (χ4v) is 3.90. The Balaban J connectivity index is 1.20. The lowest BCUT2D eigenvalue weighted by atomic mass is 9.82. The maximum absolute atomic E-state index is 12.1. The van der Waals surface area contributed by atoms with Crippen molar-refractivity contribution in [2.24, 2.45) is 5.92 Å². The molecule has 0 saturated carbocycles. The molecule has 0 radical (unpaired) electrons. The SMILES string of the molecule is Cc1noc(C)c1CN1CC2(CC[C@@H](CNC(=O)c3cnccn3)CO2)C1. The number of rotatable bonds is 5. The average molecular weight is 371 g/mol. The highest BCUT2D eigenvalue weighted by molar-refractivity contribution is 5.91. The largest absolute Gasteiger partial charge is 0.372 e. The number of carbonyl (C=O) groups excluding carboxylic acids is 1. The van der Waals surface area contributed by atoms with Crippen LogP contribution in [-0.2, 0) is 11.3 Å². The number of aryl methyl sites for hydroxylation is 2. The Morgan fingerprint density at radius 1 is 1.37 bits per heavy atom. The Morgan fingerprint density at radius 2 is 2.22 bits per heavy atom. The van der Waals surface area contributed by atoms with Gasteiger partial charge in [-0.3, -0.25) is 14.7 Å². The first-order valence-corrected chi connectivity index (χ1v) is 9.37. The molecule has 2 fully saturated rings. The summed E-state index contributed by atoms with van der Waals surface area (Å²) >= 11 is 0. The van der Waals surface area contributed by atoms with E-state index in [-0.39, 0.29) is 11.5 Å². The predicted octanol–water partition coefficient (Wildman–Crippen LogP) is 1.49. The fourth-order valence-electron chi connectivity index (χ4n) is 3.90. The molecule has 1 N–H and O–H groups in total. The molecule has 2 aliphatic heterocycles. The van der Waals surface area contributed by atoms with Crippen LogP contribution in [0.1, 0.15) is 40.3 Å². The van der Waals surface area contributed by atoms with E-state index in [1.165, 1.54) is 18.0 Å². The zero-order valence-electron chi connectivity index (χ0n) is 15.8. The number of likely N-dealkylation sites (tertiary alicyclic amines) is 1. The van der Waals surface area contributed by atoms with Crippen LogP contribution in [-0.4, -0.2) is 57.8 Å². The zero-order chi connectivity index (χ0) is 18.9. The van der Waals surface area contributed by atoms with E-state index < -0.39 is 0 Å². The minimum absolute atomic E-state index is 0.0234. The quantitative estimate of drug-likeness (QED) is 0.851. The standard InChI is InChI=1S/C19H25N5O3/c1-13-16(14(2)27-23-13)9-24-11-19(12-24)4-3-15(10-26-19)7-22-18(25)17-8-20-5-6-21-17/h5-6,8,15H,3-4,7,9-12H2,1-2H3,(H,22,25)/t15-/m0/s1. The summed E-state index contributed by atoms with van der Waals surface area (Å²) in [6, 6.07) is 0. The molecule has 2 aliphatic rings. The molecule has 1 atom stereocenters. The molecule has 1 spiro atoms. The van der Waals surface area contributed by atoms with Crippen LogP contribution >= 0.6 is 0 Å². The number of aromatic nitrogens is 3. The van der Waals surface area contributed by atoms with Crippen molar-refractivity contribution >= 4 is 5.91 Å². The third kappa shape index (κ3) is 3.86. The van der Waals surface area contributed by atoms with Crippen molar-refractivity contribution in [2.75, 3.05) is 26.2 Å². The Hall–Kier alpha value is -2.32. The molecule has 0 bridgehead atoms. The number of hydrogen-bond donors (Lipinski definition) is 1. The van der Waals surface area contributed by atoms with E-state index in [0.29, 0.717) is 24.8 Å². The van der Waals surface area contributed by atoms with Gasteiger partial charge in [0.2, 0.25) is 0 Å². The lowest BCUT2D eigenvalue weighted by Gasteiger charge is -2.53. The van der Waals surface area contributed by atoms with Gasteiger partial charge in [-0.2, -0.15) is 0 Å². The second kappa shape index (κ2) is 7.36. The maximum Gasteiger partial charge on any atom is 0.271 e. The van der Waals surface area contributed by atoms with Gasteiger partial charge in [0.1, 0.15) is 11.5 Å². The lowest BCUT2D eigenvalue weighted by Crippen LogP contribution is -2.64. The van der Waals surface area contributed by atoms with E-state index in [2.05, 4.69) is 25.3 Å². The van der Waals surface area contributed by atoms with Crippen molar-refractivity contribution in [3.05, 3.63) is 41.3 Å². The monoisotopic (exact) mass is 371 g/mol. The van der Waals surface area contributed by atoms with Crippen molar-refractivity contribution in [1.82, 2.24) is 25.3 Å². The van der Waals surface area contributed by atoms with E-state index in [1.54, 1.807) is 6.20 Å². The van der Waals surface area contributed by atoms with Crippen LogP contribution in [0, 0.1) is 19.8 Å². The van der Waals surface area contributed by atoms with Gasteiger partial charge in [-0.05, 0) is 32.6 Å². The third-order valence-corrected chi connectivity index (χ3v) is 5.57. The Labute approximate surface area is 158 Å². The zero-order valence-corrected chi connectivity index (χ0v) is 15.8. The van der Waals surface area contributed by atoms with Gasteiger partial charge in [0.15, 0.2) is 0 Å². The summed E-state index contributed by atoms with van der Waals surface area (Å²) in [5.74, 6) is 1.06. The molecule has 27 heavy (non-hydrogen) atoms. The first-order chi connectivity index (χ1) is 13.0. The molecular weight excluding hydrogens is 346 g/mol.